The number of aryl methyl sites for hydroxylation is 6. The monoisotopic (exact) mass is 2130 g/mol. The minimum atomic E-state index is -1.27. The molecule has 142 heavy (non-hydrogen) atoms. The maximum Gasteiger partial charge on any atom is 1.00 e. The number of carbonyl (C=O) groups is 3. The summed E-state index contributed by atoms with van der Waals surface area (Å²) < 4.78 is 66.9. The van der Waals surface area contributed by atoms with Gasteiger partial charge in [-0.3, -0.25) is 14.0 Å². The molecular formula is C116H110BBrF3N6NaO9P4Pd. The van der Waals surface area contributed by atoms with E-state index in [1.165, 1.54) is 114 Å². The number of nitrogens with zero attached hydrogens (tertiary/aromatic N) is 6. The molecule has 0 spiro atoms. The summed E-state index contributed by atoms with van der Waals surface area (Å²) >= 11 is 3.08. The second kappa shape index (κ2) is 56.7. The van der Waals surface area contributed by atoms with Crippen LogP contribution >= 0.6 is 47.6 Å². The summed E-state index contributed by atoms with van der Waals surface area (Å²) in [5, 5.41) is 37.9. The molecule has 19 rings (SSSR count). The van der Waals surface area contributed by atoms with Gasteiger partial charge in [0.15, 0.2) is 0 Å². The molecular weight excluding hydrogens is 2020 g/mol. The number of hydrogen-bond acceptors (Lipinski definition) is 11. The summed E-state index contributed by atoms with van der Waals surface area (Å²) in [6, 6.07) is 142. The second-order valence-electron chi connectivity index (χ2n) is 32.7. The number of aromatic nitrogens is 6. The third-order valence-electron chi connectivity index (χ3n) is 22.5. The molecule has 720 valence electrons. The number of carboxylic acids is 1. The van der Waals surface area contributed by atoms with Crippen molar-refractivity contribution in [1.82, 2.24) is 29.3 Å². The molecule has 18 aromatic rings. The third kappa shape index (κ3) is 31.2. The largest absolute Gasteiger partial charge is 1.00 e. The Balaban J connectivity index is 0.000000181. The number of rotatable bonds is 18. The van der Waals surface area contributed by atoms with Gasteiger partial charge in [0.05, 0.1) is 77.7 Å². The SMILES string of the molecule is COC(=O)c1ccc(-c2c(C)cnn2C)cc1F.COC(=O)c1ccc(Br)cc1F.Cc1cnn(C)c1-c1ccc(C(=O)O)c(F)c1.Cc1cnn(C)c1B1OC(C)(C)C(C)(C)O1.[Na+].[OH-].[Pd].c1ccc(P(c2ccccc2)c2ccccc2)cc1.c1ccc(P(c2ccccc2)c2ccccc2)cc1.c1ccc(P(c2ccccc2)c2ccccc2)cc1.c1ccc(P(c2ccccc2)c2ccccc2)cc1. The van der Waals surface area contributed by atoms with Crippen molar-refractivity contribution in [2.24, 2.45) is 21.1 Å². The molecule has 0 aliphatic carbocycles. The summed E-state index contributed by atoms with van der Waals surface area (Å²) in [4.78, 5) is 32.9. The standard InChI is InChI=1S/4C18H15P.C13H13FN2O2.C12H11FN2O2.C11H19BN2O2.C8H6BrFO2.Na.H2O.Pd/c4*1-4-10-16(11-5-1)19(17-12-6-2-7-13-17)18-14-8-3-9-15-18;1-8-7-15-16(2)12(8)9-4-5-10(11(14)6-9)13(17)18-3;1-7-6-14-15(2)11(7)8-3-4-9(12(16)17)10(13)5-8;1-8-7-13-14(6)9(8)12-15-10(2,3)11(4,5)16-12;1-12-8(11)6-3-2-5(9)4-7(6)10;;;/h4*1-15H;4-7H,1-3H3;3-6H,1-2H3,(H,16,17);7H,1-6H3;2-4H,1H3;;1H2;/q;;;;;;;;+1;;/p-1. The molecule has 3 aromatic heterocycles. The summed E-state index contributed by atoms with van der Waals surface area (Å²) in [5.74, 6) is -4.54. The first-order valence-corrected chi connectivity index (χ1v) is 51.0. The zero-order valence-electron chi connectivity index (χ0n) is 81.2. The maximum atomic E-state index is 13.8. The first kappa shape index (κ1) is 114. The normalized spacial score (nSPS) is 11.6. The van der Waals surface area contributed by atoms with E-state index in [0.29, 0.717) is 15.6 Å². The van der Waals surface area contributed by atoms with E-state index in [0.717, 1.165) is 33.7 Å². The van der Waals surface area contributed by atoms with Crippen molar-refractivity contribution >= 4 is 142 Å². The van der Waals surface area contributed by atoms with E-state index < -0.39 is 67.0 Å². The van der Waals surface area contributed by atoms with Gasteiger partial charge >= 0.3 is 54.6 Å². The zero-order chi connectivity index (χ0) is 98.8. The Bertz CT molecular complexity index is 5990. The number of ether oxygens (including phenoxy) is 2. The molecule has 0 atom stereocenters. The van der Waals surface area contributed by atoms with Gasteiger partial charge in [0, 0.05) is 57.2 Å². The minimum absolute atomic E-state index is 0. The number of carboxylic acid groups (broad SMARTS) is 1. The molecule has 0 unspecified atom stereocenters. The van der Waals surface area contributed by atoms with Crippen LogP contribution in [0.3, 0.4) is 0 Å². The van der Waals surface area contributed by atoms with Crippen LogP contribution in [0.5, 0.6) is 0 Å². The number of esters is 2. The van der Waals surface area contributed by atoms with Crippen LogP contribution in [0.4, 0.5) is 13.2 Å². The topological polar surface area (TPSA) is 192 Å². The van der Waals surface area contributed by atoms with E-state index in [1.54, 1.807) is 54.1 Å². The summed E-state index contributed by atoms with van der Waals surface area (Å²) in [6.07, 6.45) is 5.22. The van der Waals surface area contributed by atoms with Crippen LogP contribution < -0.4 is 98.8 Å². The predicted octanol–water partition coefficient (Wildman–Crippen LogP) is 18.6. The van der Waals surface area contributed by atoms with E-state index in [1.807, 2.05) is 38.7 Å². The van der Waals surface area contributed by atoms with E-state index in [-0.39, 0.29) is 90.5 Å². The van der Waals surface area contributed by atoms with E-state index in [9.17, 15) is 27.6 Å². The minimum Gasteiger partial charge on any atom is -0.870 e. The fourth-order valence-corrected chi connectivity index (χ4v) is 24.6. The zero-order valence-corrected chi connectivity index (χ0v) is 89.9. The molecule has 1 fully saturated rings. The fourth-order valence-electron chi connectivity index (χ4n) is 15.0. The van der Waals surface area contributed by atoms with Gasteiger partial charge in [-0.1, -0.05) is 392 Å². The van der Waals surface area contributed by atoms with Gasteiger partial charge in [-0.15, -0.1) is 0 Å². The van der Waals surface area contributed by atoms with Crippen LogP contribution in [0.25, 0.3) is 22.5 Å². The van der Waals surface area contributed by atoms with Crippen LogP contribution in [0.2, 0.25) is 0 Å². The van der Waals surface area contributed by atoms with Crippen LogP contribution in [-0.4, -0.2) is 90.4 Å². The van der Waals surface area contributed by atoms with E-state index >= 15 is 0 Å². The number of methoxy groups -OCH3 is 2. The van der Waals surface area contributed by atoms with E-state index in [2.05, 4.69) is 432 Å². The quantitative estimate of drug-likeness (QED) is 0.0486. The number of benzene rings is 15. The van der Waals surface area contributed by atoms with Gasteiger partial charge in [0.25, 0.3) is 0 Å². The summed E-state index contributed by atoms with van der Waals surface area (Å²) in [6.45, 7) is 14.0. The van der Waals surface area contributed by atoms with Crippen molar-refractivity contribution in [1.29, 1.82) is 0 Å². The Labute approximate surface area is 880 Å². The van der Waals surface area contributed by atoms with Crippen molar-refractivity contribution in [2.75, 3.05) is 14.2 Å². The van der Waals surface area contributed by atoms with Crippen LogP contribution in [0, 0.1) is 38.2 Å². The van der Waals surface area contributed by atoms with Crippen LogP contribution in [0.15, 0.2) is 442 Å². The number of hydrogen-bond donors (Lipinski definition) is 1. The van der Waals surface area contributed by atoms with Crippen LogP contribution in [0.1, 0.15) is 75.5 Å². The van der Waals surface area contributed by atoms with Crippen molar-refractivity contribution in [3.63, 3.8) is 0 Å². The molecule has 1 saturated heterocycles. The Morgan fingerprint density at radius 2 is 0.535 bits per heavy atom. The van der Waals surface area contributed by atoms with Gasteiger partial charge < -0.3 is 29.4 Å². The maximum absolute atomic E-state index is 13.8. The molecule has 0 bridgehead atoms. The first-order chi connectivity index (χ1) is 67.2. The van der Waals surface area contributed by atoms with Gasteiger partial charge in [0.2, 0.25) is 0 Å². The first-order valence-electron chi connectivity index (χ1n) is 44.8. The molecule has 2 N–H and O–H groups in total. The van der Waals surface area contributed by atoms with Crippen molar-refractivity contribution in [3.8, 4) is 22.5 Å². The van der Waals surface area contributed by atoms with Gasteiger partial charge in [-0.2, -0.15) is 15.3 Å². The van der Waals surface area contributed by atoms with Gasteiger partial charge in [-0.05, 0) is 203 Å². The molecule has 15 nitrogen and oxygen atoms in total. The molecule has 1 aliphatic rings. The Morgan fingerprint density at radius 3 is 0.718 bits per heavy atom. The van der Waals surface area contributed by atoms with Crippen molar-refractivity contribution < 1.29 is 107 Å². The molecule has 0 saturated carbocycles. The van der Waals surface area contributed by atoms with Crippen molar-refractivity contribution in [2.45, 2.75) is 59.7 Å². The van der Waals surface area contributed by atoms with Gasteiger partial charge in [0.1, 0.15) is 17.5 Å². The fraction of sp³-hybridized carbons (Fsp3) is 0.121. The Hall–Kier alpha value is -12.1. The van der Waals surface area contributed by atoms with E-state index in [4.69, 9.17) is 14.4 Å². The number of carbonyl (C=O) groups excluding carboxylic acids is 2. The third-order valence-corrected chi connectivity index (χ3v) is 32.8. The molecule has 0 amide bonds. The van der Waals surface area contributed by atoms with Crippen LogP contribution in [-0.2, 0) is 60.3 Å². The Morgan fingerprint density at radius 1 is 0.331 bits per heavy atom. The summed E-state index contributed by atoms with van der Waals surface area (Å²) in [7, 11) is 5.78. The number of aromatic carboxylic acids is 1. The smallest absolute Gasteiger partial charge is 0.870 e. The van der Waals surface area contributed by atoms with Gasteiger partial charge in [-0.25, -0.2) is 27.6 Å². The Kier molecular flexibility index (Phi) is 45.3. The predicted molar refractivity (Wildman–Crippen MR) is 577 cm³/mol. The molecule has 26 heteroatoms. The average molecular weight is 2130 g/mol. The molecule has 15 aromatic carbocycles. The molecule has 1 aliphatic heterocycles. The number of halogens is 4. The molecule has 4 heterocycles. The second-order valence-corrected chi connectivity index (χ2v) is 42.5. The molecule has 0 radical (unpaired) electrons. The average Bonchev–Trinajstić information content (AvgIpc) is 1.61. The summed E-state index contributed by atoms with van der Waals surface area (Å²) in [5.41, 5.74) is 5.81. The van der Waals surface area contributed by atoms with Crippen molar-refractivity contribution in [3.05, 3.63) is 492 Å².